The van der Waals surface area contributed by atoms with Crippen LogP contribution in [-0.2, 0) is 6.54 Å². The van der Waals surface area contributed by atoms with Crippen LogP contribution in [0.25, 0.3) is 0 Å². The SMILES string of the molecule is Cc1cscc1CNC(C)c1ccoc1. The van der Waals surface area contributed by atoms with Gasteiger partial charge in [-0.15, -0.1) is 0 Å². The molecule has 0 aliphatic heterocycles. The molecule has 1 atom stereocenters. The predicted molar refractivity (Wildman–Crippen MR) is 63.0 cm³/mol. The van der Waals surface area contributed by atoms with Gasteiger partial charge in [0.15, 0.2) is 0 Å². The van der Waals surface area contributed by atoms with Crippen LogP contribution in [0.2, 0.25) is 0 Å². The fourth-order valence-corrected chi connectivity index (χ4v) is 2.33. The highest BCUT2D eigenvalue weighted by Crippen LogP contribution is 2.16. The summed E-state index contributed by atoms with van der Waals surface area (Å²) in [6.07, 6.45) is 3.50. The molecule has 0 spiro atoms. The van der Waals surface area contributed by atoms with E-state index in [1.165, 1.54) is 16.7 Å². The minimum absolute atomic E-state index is 0.336. The number of furan rings is 1. The lowest BCUT2D eigenvalue weighted by atomic mass is 10.1. The van der Waals surface area contributed by atoms with E-state index in [1.807, 2.05) is 6.07 Å². The molecule has 80 valence electrons. The third-order valence-corrected chi connectivity index (χ3v) is 3.51. The van der Waals surface area contributed by atoms with Crippen molar-refractivity contribution in [3.05, 3.63) is 46.0 Å². The molecule has 0 saturated carbocycles. The average Bonchev–Trinajstić information content (AvgIpc) is 2.85. The quantitative estimate of drug-likeness (QED) is 0.854. The Hall–Kier alpha value is -1.06. The van der Waals surface area contributed by atoms with E-state index in [4.69, 9.17) is 4.42 Å². The van der Waals surface area contributed by atoms with E-state index < -0.39 is 0 Å². The van der Waals surface area contributed by atoms with E-state index in [0.717, 1.165) is 6.54 Å². The minimum atomic E-state index is 0.336. The van der Waals surface area contributed by atoms with Crippen LogP contribution >= 0.6 is 11.3 Å². The van der Waals surface area contributed by atoms with E-state index in [0.29, 0.717) is 6.04 Å². The number of thiophene rings is 1. The molecule has 0 aliphatic carbocycles. The van der Waals surface area contributed by atoms with Crippen molar-refractivity contribution >= 4 is 11.3 Å². The van der Waals surface area contributed by atoms with Crippen molar-refractivity contribution in [3.8, 4) is 0 Å². The van der Waals surface area contributed by atoms with Gasteiger partial charge in [-0.3, -0.25) is 0 Å². The normalized spacial score (nSPS) is 12.9. The van der Waals surface area contributed by atoms with Crippen molar-refractivity contribution in [1.82, 2.24) is 5.32 Å². The maximum atomic E-state index is 5.06. The fraction of sp³-hybridized carbons (Fsp3) is 0.333. The molecule has 0 bridgehead atoms. The smallest absolute Gasteiger partial charge is 0.0950 e. The summed E-state index contributed by atoms with van der Waals surface area (Å²) >= 11 is 1.76. The minimum Gasteiger partial charge on any atom is -0.472 e. The van der Waals surface area contributed by atoms with Crippen molar-refractivity contribution in [1.29, 1.82) is 0 Å². The first-order chi connectivity index (χ1) is 7.27. The van der Waals surface area contributed by atoms with Gasteiger partial charge in [-0.05, 0) is 41.8 Å². The van der Waals surface area contributed by atoms with Crippen molar-refractivity contribution in [2.75, 3.05) is 0 Å². The molecule has 0 aliphatic rings. The fourth-order valence-electron chi connectivity index (χ4n) is 1.47. The Labute approximate surface area is 93.9 Å². The number of rotatable bonds is 4. The summed E-state index contributed by atoms with van der Waals surface area (Å²) in [5.74, 6) is 0. The van der Waals surface area contributed by atoms with Crippen LogP contribution in [-0.4, -0.2) is 0 Å². The summed E-state index contributed by atoms with van der Waals surface area (Å²) in [5, 5.41) is 7.85. The third-order valence-electron chi connectivity index (χ3n) is 2.60. The van der Waals surface area contributed by atoms with E-state index in [1.54, 1.807) is 23.9 Å². The van der Waals surface area contributed by atoms with Crippen LogP contribution in [0, 0.1) is 6.92 Å². The Morgan fingerprint density at radius 2 is 2.33 bits per heavy atom. The van der Waals surface area contributed by atoms with Gasteiger partial charge in [0, 0.05) is 18.2 Å². The molecule has 2 nitrogen and oxygen atoms in total. The Morgan fingerprint density at radius 3 is 2.93 bits per heavy atom. The van der Waals surface area contributed by atoms with Crippen LogP contribution in [0.3, 0.4) is 0 Å². The van der Waals surface area contributed by atoms with E-state index >= 15 is 0 Å². The second kappa shape index (κ2) is 4.64. The number of hydrogen-bond donors (Lipinski definition) is 1. The molecule has 15 heavy (non-hydrogen) atoms. The van der Waals surface area contributed by atoms with E-state index in [9.17, 15) is 0 Å². The van der Waals surface area contributed by atoms with Crippen LogP contribution in [0.1, 0.15) is 29.7 Å². The molecule has 2 aromatic rings. The van der Waals surface area contributed by atoms with E-state index in [2.05, 4.69) is 29.9 Å². The van der Waals surface area contributed by atoms with Gasteiger partial charge in [0.1, 0.15) is 0 Å². The molecule has 1 unspecified atom stereocenters. The summed E-state index contributed by atoms with van der Waals surface area (Å²) < 4.78 is 5.06. The molecule has 3 heteroatoms. The lowest BCUT2D eigenvalue weighted by molar-refractivity contribution is 0.538. The molecule has 0 fully saturated rings. The number of hydrogen-bond acceptors (Lipinski definition) is 3. The maximum Gasteiger partial charge on any atom is 0.0950 e. The molecule has 0 radical (unpaired) electrons. The largest absolute Gasteiger partial charge is 0.472 e. The first-order valence-electron chi connectivity index (χ1n) is 5.04. The van der Waals surface area contributed by atoms with Crippen molar-refractivity contribution in [2.45, 2.75) is 26.4 Å². The molecular weight excluding hydrogens is 206 g/mol. The first kappa shape index (κ1) is 10.5. The van der Waals surface area contributed by atoms with Crippen LogP contribution < -0.4 is 5.32 Å². The molecule has 0 saturated heterocycles. The van der Waals surface area contributed by atoms with Gasteiger partial charge in [0.2, 0.25) is 0 Å². The second-order valence-corrected chi connectivity index (χ2v) is 4.48. The standard InChI is InChI=1S/C12H15NOS/c1-9-7-15-8-12(9)5-13-10(2)11-3-4-14-6-11/h3-4,6-8,10,13H,5H2,1-2H3. The monoisotopic (exact) mass is 221 g/mol. The summed E-state index contributed by atoms with van der Waals surface area (Å²) in [7, 11) is 0. The zero-order chi connectivity index (χ0) is 10.7. The highest BCUT2D eigenvalue weighted by molar-refractivity contribution is 7.08. The topological polar surface area (TPSA) is 25.2 Å². The van der Waals surface area contributed by atoms with Gasteiger partial charge in [0.25, 0.3) is 0 Å². The lowest BCUT2D eigenvalue weighted by Gasteiger charge is -2.11. The number of nitrogens with one attached hydrogen (secondary N) is 1. The summed E-state index contributed by atoms with van der Waals surface area (Å²) in [6.45, 7) is 5.21. The van der Waals surface area contributed by atoms with Gasteiger partial charge >= 0.3 is 0 Å². The second-order valence-electron chi connectivity index (χ2n) is 3.74. The highest BCUT2D eigenvalue weighted by Gasteiger charge is 2.06. The van der Waals surface area contributed by atoms with Crippen molar-refractivity contribution in [2.24, 2.45) is 0 Å². The van der Waals surface area contributed by atoms with Gasteiger partial charge in [-0.25, -0.2) is 0 Å². The van der Waals surface area contributed by atoms with Crippen LogP contribution in [0.5, 0.6) is 0 Å². The zero-order valence-electron chi connectivity index (χ0n) is 8.99. The van der Waals surface area contributed by atoms with E-state index in [-0.39, 0.29) is 0 Å². The summed E-state index contributed by atoms with van der Waals surface area (Å²) in [4.78, 5) is 0. The number of aryl methyl sites for hydroxylation is 1. The maximum absolute atomic E-state index is 5.06. The zero-order valence-corrected chi connectivity index (χ0v) is 9.80. The third kappa shape index (κ3) is 2.49. The Kier molecular flexibility index (Phi) is 3.23. The summed E-state index contributed by atoms with van der Waals surface area (Å²) in [6, 6.07) is 2.33. The molecule has 2 aromatic heterocycles. The molecule has 1 N–H and O–H groups in total. The molecular formula is C12H15NOS. The van der Waals surface area contributed by atoms with Gasteiger partial charge in [-0.2, -0.15) is 11.3 Å². The lowest BCUT2D eigenvalue weighted by Crippen LogP contribution is -2.17. The Bertz CT molecular complexity index is 405. The van der Waals surface area contributed by atoms with Gasteiger partial charge in [-0.1, -0.05) is 0 Å². The Balaban J connectivity index is 1.91. The van der Waals surface area contributed by atoms with Crippen molar-refractivity contribution < 1.29 is 4.42 Å². The van der Waals surface area contributed by atoms with Crippen molar-refractivity contribution in [3.63, 3.8) is 0 Å². The molecule has 0 amide bonds. The first-order valence-corrected chi connectivity index (χ1v) is 5.99. The predicted octanol–water partition coefficient (Wildman–Crippen LogP) is 3.50. The van der Waals surface area contributed by atoms with Crippen LogP contribution in [0.4, 0.5) is 0 Å². The highest BCUT2D eigenvalue weighted by atomic mass is 32.1. The van der Waals surface area contributed by atoms with Crippen LogP contribution in [0.15, 0.2) is 33.8 Å². The molecule has 2 heterocycles. The Morgan fingerprint density at radius 1 is 1.47 bits per heavy atom. The van der Waals surface area contributed by atoms with Gasteiger partial charge < -0.3 is 9.73 Å². The molecule has 2 rings (SSSR count). The summed E-state index contributed by atoms with van der Waals surface area (Å²) in [5.41, 5.74) is 3.95. The van der Waals surface area contributed by atoms with Gasteiger partial charge in [0.05, 0.1) is 12.5 Å². The average molecular weight is 221 g/mol. The molecule has 0 aromatic carbocycles.